The van der Waals surface area contributed by atoms with Crippen LogP contribution in [0.2, 0.25) is 0 Å². The van der Waals surface area contributed by atoms with Crippen molar-refractivity contribution in [3.8, 4) is 46.0 Å². The Morgan fingerprint density at radius 2 is 0.434 bits per heavy atom. The number of aromatic carboxylic acids is 4. The minimum Gasteiger partial charge on any atom is -0.545 e. The molecule has 0 spiro atoms. The van der Waals surface area contributed by atoms with E-state index in [9.17, 15) is 39.6 Å². The third-order valence-electron chi connectivity index (χ3n) is 6.53. The van der Waals surface area contributed by atoms with Crippen LogP contribution in [0.1, 0.15) is 41.4 Å². The summed E-state index contributed by atoms with van der Waals surface area (Å²) in [5, 5.41) is 42.8. The molecule has 0 amide bonds. The molecule has 0 saturated carbocycles. The predicted octanol–water partition coefficient (Wildman–Crippen LogP) is -0.112. The van der Waals surface area contributed by atoms with Crippen LogP contribution in [0.5, 0.6) is 46.0 Å². The smallest absolute Gasteiger partial charge is 0.131 e. The molecule has 0 heterocycles. The van der Waals surface area contributed by atoms with Crippen LogP contribution in [0.15, 0.2) is 72.8 Å². The molecule has 0 aliphatic carbocycles. The number of carboxylic acid groups (broad SMARTS) is 4. The molecule has 0 aliphatic rings. The van der Waals surface area contributed by atoms with Crippen LogP contribution in [-0.4, -0.2) is 108 Å². The molecule has 0 atom stereocenters. The van der Waals surface area contributed by atoms with Gasteiger partial charge in [-0.1, -0.05) is 24.3 Å². The van der Waals surface area contributed by atoms with Crippen molar-refractivity contribution in [3.05, 3.63) is 95.1 Å². The van der Waals surface area contributed by atoms with Crippen LogP contribution in [0.4, 0.5) is 0 Å². The molecule has 0 aromatic heterocycles. The molecule has 17 heteroatoms. The maximum atomic E-state index is 10.7. The Hall–Kier alpha value is -5.92. The zero-order valence-electron chi connectivity index (χ0n) is 30.0. The topological polar surface area (TPSA) is 234 Å². The summed E-state index contributed by atoms with van der Waals surface area (Å²) in [4.78, 5) is 42.8. The van der Waals surface area contributed by atoms with Gasteiger partial charge in [0.2, 0.25) is 0 Å². The monoisotopic (exact) mass is 932 g/mol. The fourth-order valence-electron chi connectivity index (χ4n) is 4.21. The third kappa shape index (κ3) is 13.3. The quantitative estimate of drug-likeness (QED) is 0.169. The summed E-state index contributed by atoms with van der Waals surface area (Å²) in [6.45, 7) is 0. The van der Waals surface area contributed by atoms with Crippen molar-refractivity contribution in [2.24, 2.45) is 0 Å². The van der Waals surface area contributed by atoms with E-state index in [2.05, 4.69) is 0 Å². The Morgan fingerprint density at radius 3 is 0.509 bits per heavy atom. The van der Waals surface area contributed by atoms with Crippen LogP contribution < -0.4 is 58.3 Å². The summed E-state index contributed by atoms with van der Waals surface area (Å²) in [5.41, 5.74) is -0.250. The fourth-order valence-corrected chi connectivity index (χ4v) is 4.21. The van der Waals surface area contributed by atoms with Crippen molar-refractivity contribution in [2.45, 2.75) is 0 Å². The Balaban J connectivity index is 0.000000676. The van der Waals surface area contributed by atoms with Gasteiger partial charge in [0.25, 0.3) is 0 Å². The number of hydrogen-bond donors (Lipinski definition) is 0. The van der Waals surface area contributed by atoms with Gasteiger partial charge in [0.05, 0.1) is 103 Å². The minimum atomic E-state index is -1.31. The zero-order valence-corrected chi connectivity index (χ0v) is 33.8. The largest absolute Gasteiger partial charge is 0.545 e. The maximum absolute atomic E-state index is 10.7. The van der Waals surface area contributed by atoms with Crippen LogP contribution in [0, 0.1) is 0 Å². The van der Waals surface area contributed by atoms with Gasteiger partial charge in [0.1, 0.15) is 46.0 Å². The number of carbonyl (C=O) groups excluding carboxylic acids is 4. The van der Waals surface area contributed by atoms with Crippen molar-refractivity contribution in [1.82, 2.24) is 0 Å². The predicted molar refractivity (Wildman–Crippen MR) is 181 cm³/mol. The van der Waals surface area contributed by atoms with Gasteiger partial charge in [0.15, 0.2) is 0 Å². The van der Waals surface area contributed by atoms with Crippen LogP contribution >= 0.6 is 0 Å². The number of hydrogen-bond acceptors (Lipinski definition) is 16. The van der Waals surface area contributed by atoms with E-state index in [-0.39, 0.29) is 95.5 Å². The van der Waals surface area contributed by atoms with Crippen LogP contribution in [0.3, 0.4) is 0 Å². The first kappa shape index (κ1) is 47.1. The van der Waals surface area contributed by atoms with Gasteiger partial charge in [-0.25, -0.2) is 0 Å². The normalized spacial score (nSPS) is 9.21. The molecule has 4 radical (unpaired) electrons. The summed E-state index contributed by atoms with van der Waals surface area (Å²) < 4.78 is 38.8. The second kappa shape index (κ2) is 24.3. The van der Waals surface area contributed by atoms with E-state index >= 15 is 0 Å². The van der Waals surface area contributed by atoms with Gasteiger partial charge in [-0.05, 0) is 48.5 Å². The van der Waals surface area contributed by atoms with Crippen molar-refractivity contribution in [1.29, 1.82) is 0 Å². The average molecular weight is 932 g/mol. The second-order valence-corrected chi connectivity index (χ2v) is 9.30. The number of benzene rings is 4. The van der Waals surface area contributed by atoms with Gasteiger partial charge in [-0.15, -0.1) is 0 Å². The third-order valence-corrected chi connectivity index (χ3v) is 6.53. The number of carboxylic acids is 4. The Morgan fingerprint density at radius 1 is 0.321 bits per heavy atom. The molecule has 0 N–H and O–H groups in total. The maximum Gasteiger partial charge on any atom is 0.131 e. The summed E-state index contributed by atoms with van der Waals surface area (Å²) in [6.07, 6.45) is 0. The van der Waals surface area contributed by atoms with Crippen molar-refractivity contribution >= 4 is 51.2 Å². The molecule has 284 valence electrons. The minimum absolute atomic E-state index is 0. The molecule has 0 fully saturated rings. The van der Waals surface area contributed by atoms with E-state index in [4.69, 9.17) is 37.9 Å². The van der Waals surface area contributed by atoms with Gasteiger partial charge < -0.3 is 77.5 Å². The van der Waals surface area contributed by atoms with E-state index in [0.717, 1.165) is 0 Å². The van der Waals surface area contributed by atoms with E-state index < -0.39 is 23.9 Å². The molecule has 4 aromatic carbocycles. The van der Waals surface area contributed by atoms with E-state index in [1.54, 1.807) is 24.3 Å². The molecular weight excluding hydrogens is 896 g/mol. The first-order valence-corrected chi connectivity index (χ1v) is 14.5. The van der Waals surface area contributed by atoms with Crippen molar-refractivity contribution in [3.63, 3.8) is 0 Å². The Labute approximate surface area is 325 Å². The zero-order chi connectivity index (χ0) is 39.4. The van der Waals surface area contributed by atoms with Crippen molar-refractivity contribution in [2.75, 3.05) is 56.9 Å². The molecule has 0 unspecified atom stereocenters. The molecule has 0 saturated heterocycles. The Kier molecular flexibility index (Phi) is 21.6. The molecule has 53 heavy (non-hydrogen) atoms. The van der Waals surface area contributed by atoms with E-state index in [1.165, 1.54) is 105 Å². The first-order valence-electron chi connectivity index (χ1n) is 14.5. The molecule has 4 rings (SSSR count). The van der Waals surface area contributed by atoms with Crippen LogP contribution in [0.25, 0.3) is 0 Å². The summed E-state index contributed by atoms with van der Waals surface area (Å²) >= 11 is 0. The van der Waals surface area contributed by atoms with E-state index in [1.807, 2.05) is 0 Å². The van der Waals surface area contributed by atoms with Crippen LogP contribution in [-0.2, 0) is 0 Å². The van der Waals surface area contributed by atoms with Gasteiger partial charge >= 0.3 is 0 Å². The number of ether oxygens (including phenoxy) is 8. The van der Waals surface area contributed by atoms with Gasteiger partial charge in [-0.2, -0.15) is 0 Å². The number of carbonyl (C=O) groups is 4. The molecule has 16 nitrogen and oxygen atoms in total. The Bertz CT molecular complexity index is 1460. The average Bonchev–Trinajstić information content (AvgIpc) is 3.16. The summed E-state index contributed by atoms with van der Waals surface area (Å²) in [6, 6.07) is 18.9. The fraction of sp³-hybridized carbons (Fsp3) is 0.222. The van der Waals surface area contributed by atoms with Gasteiger partial charge in [-0.3, -0.25) is 0 Å². The van der Waals surface area contributed by atoms with Crippen molar-refractivity contribution < 1.29 is 77.5 Å². The SMILES string of the molecule is COc1cccc(OC)c1C(=O)[O-].COc1cccc(OC)c1C(=O)[O-].COc1cccc(OC)c1C(=O)[O-].COc1cccc(OC)c1C(=O)[O-].[Pb]. The standard InChI is InChI=1S/4C9H10O4.Pb/c4*1-12-6-4-3-5-7(13-2)8(6)9(10)11;/h4*3-5H,1-2H3,(H,10,11);/p-4. The molecule has 0 bridgehead atoms. The van der Waals surface area contributed by atoms with E-state index in [0.29, 0.717) is 0 Å². The molecular formula is C36H36O16Pb-4. The summed E-state index contributed by atoms with van der Waals surface area (Å²) in [7, 11) is 11.1. The first-order chi connectivity index (χ1) is 24.8. The molecule has 0 aliphatic heterocycles. The number of methoxy groups -OCH3 is 8. The summed E-state index contributed by atoms with van der Waals surface area (Å²) in [5.74, 6) is -3.36. The number of rotatable bonds is 12. The second-order valence-electron chi connectivity index (χ2n) is 9.30. The van der Waals surface area contributed by atoms with Gasteiger partial charge in [0, 0.05) is 27.3 Å². The molecule has 4 aromatic rings.